The number of nitrogens with zero attached hydrogens (tertiary/aromatic N) is 4. The van der Waals surface area contributed by atoms with E-state index in [0.29, 0.717) is 16.3 Å². The number of hydrogen-bond donors (Lipinski definition) is 2. The molecule has 2 amide bonds. The largest absolute Gasteiger partial charge is 0.425 e. The number of esters is 2. The fraction of sp³-hybridized carbons (Fsp3) is 0.300. The number of aromatic nitrogens is 2. The number of cyclic esters (lactones) is 2. The van der Waals surface area contributed by atoms with E-state index in [1.54, 1.807) is 44.2 Å². The maximum absolute atomic E-state index is 13.2. The number of nitriles is 1. The smallest absolute Gasteiger partial charge is 0.312 e. The molecule has 2 N–H and O–H groups in total. The molecule has 3 heterocycles. The van der Waals surface area contributed by atoms with Crippen molar-refractivity contribution in [1.29, 1.82) is 5.26 Å². The van der Waals surface area contributed by atoms with Crippen molar-refractivity contribution in [3.05, 3.63) is 70.2 Å². The number of pyridine rings is 1. The summed E-state index contributed by atoms with van der Waals surface area (Å²) in [6.45, 7) is 3.82. The third-order valence-electron chi connectivity index (χ3n) is 6.39. The number of anilines is 2. The molecule has 1 aromatic carbocycles. The van der Waals surface area contributed by atoms with E-state index in [0.717, 1.165) is 16.9 Å². The maximum Gasteiger partial charge on any atom is 0.312 e. The molecule has 0 saturated carbocycles. The minimum Gasteiger partial charge on any atom is -0.425 e. The molecule has 0 fully saturated rings. The highest BCUT2D eigenvalue weighted by Crippen LogP contribution is 2.28. The highest BCUT2D eigenvalue weighted by molar-refractivity contribution is 7.15. The first-order valence-corrected chi connectivity index (χ1v) is 14.3. The molecule has 4 rings (SSSR count). The van der Waals surface area contributed by atoms with Gasteiger partial charge in [-0.2, -0.15) is 5.26 Å². The monoisotopic (exact) mass is 602 g/mol. The number of likely N-dealkylation sites (N-methyl/N-ethyl adjacent to an activating group) is 1. The topological polar surface area (TPSA) is 164 Å². The van der Waals surface area contributed by atoms with Crippen LogP contribution in [0.5, 0.6) is 0 Å². The number of carbonyl (C=O) groups excluding carboxylic acids is 4. The Morgan fingerprint density at radius 1 is 1.07 bits per heavy atom. The molecule has 0 spiro atoms. The Kier molecular flexibility index (Phi) is 9.97. The number of hydrogen-bond acceptors (Lipinski definition) is 11. The van der Waals surface area contributed by atoms with Crippen molar-refractivity contribution in [2.24, 2.45) is 0 Å². The van der Waals surface area contributed by atoms with Crippen molar-refractivity contribution in [1.82, 2.24) is 14.9 Å². The first kappa shape index (κ1) is 31.0. The lowest BCUT2D eigenvalue weighted by molar-refractivity contribution is -0.151. The Morgan fingerprint density at radius 2 is 1.81 bits per heavy atom. The van der Waals surface area contributed by atoms with E-state index in [4.69, 9.17) is 9.47 Å². The molecular formula is C30H30N6O6S. The van der Waals surface area contributed by atoms with Crippen LogP contribution in [0.1, 0.15) is 48.6 Å². The highest BCUT2D eigenvalue weighted by atomic mass is 32.1. The maximum atomic E-state index is 13.2. The summed E-state index contributed by atoms with van der Waals surface area (Å²) in [6, 6.07) is 10.9. The first-order valence-electron chi connectivity index (χ1n) is 13.4. The van der Waals surface area contributed by atoms with Gasteiger partial charge in [0.1, 0.15) is 6.07 Å². The van der Waals surface area contributed by atoms with Crippen molar-refractivity contribution in [3.8, 4) is 17.2 Å². The van der Waals surface area contributed by atoms with Gasteiger partial charge in [0.2, 0.25) is 11.7 Å². The van der Waals surface area contributed by atoms with Crippen molar-refractivity contribution in [2.45, 2.75) is 39.0 Å². The molecule has 1 atom stereocenters. The summed E-state index contributed by atoms with van der Waals surface area (Å²) in [5.41, 5.74) is 2.08. The second kappa shape index (κ2) is 13.8. The van der Waals surface area contributed by atoms with Crippen LogP contribution in [-0.4, -0.2) is 59.3 Å². The predicted molar refractivity (Wildman–Crippen MR) is 159 cm³/mol. The number of ether oxygens (including phenoxy) is 2. The second-order valence-corrected chi connectivity index (χ2v) is 11.1. The predicted octanol–water partition coefficient (Wildman–Crippen LogP) is 3.97. The quantitative estimate of drug-likeness (QED) is 0.343. The summed E-state index contributed by atoms with van der Waals surface area (Å²) in [7, 11) is 3.38. The van der Waals surface area contributed by atoms with E-state index in [1.807, 2.05) is 31.2 Å². The average Bonchev–Trinajstić information content (AvgIpc) is 3.44. The molecule has 0 radical (unpaired) electrons. The van der Waals surface area contributed by atoms with Gasteiger partial charge in [0.15, 0.2) is 16.7 Å². The number of rotatable bonds is 9. The molecule has 12 nitrogen and oxygen atoms in total. The molecular weight excluding hydrogens is 572 g/mol. The van der Waals surface area contributed by atoms with Crippen LogP contribution in [0.3, 0.4) is 0 Å². The van der Waals surface area contributed by atoms with Gasteiger partial charge in [0.25, 0.3) is 5.91 Å². The SMILES string of the molecule is CCc1cnc(NC(=O)[C@@H](C)c2cccc(-c3cnc(NC(=O)/C4=C(/CN(C)C)OC(=O)CCC(=O)O4)c(C#N)c3)c2)s1. The Labute approximate surface area is 252 Å². The van der Waals surface area contributed by atoms with Crippen LogP contribution < -0.4 is 10.6 Å². The molecule has 43 heavy (non-hydrogen) atoms. The summed E-state index contributed by atoms with van der Waals surface area (Å²) >= 11 is 1.43. The second-order valence-electron chi connectivity index (χ2n) is 9.95. The third-order valence-corrected chi connectivity index (χ3v) is 7.45. The van der Waals surface area contributed by atoms with Crippen LogP contribution in [0.2, 0.25) is 0 Å². The van der Waals surface area contributed by atoms with E-state index >= 15 is 0 Å². The van der Waals surface area contributed by atoms with Gasteiger partial charge in [-0.1, -0.05) is 31.2 Å². The van der Waals surface area contributed by atoms with Crippen LogP contribution in [0, 0.1) is 11.3 Å². The van der Waals surface area contributed by atoms with E-state index in [2.05, 4.69) is 20.6 Å². The van der Waals surface area contributed by atoms with Crippen molar-refractivity contribution >= 4 is 46.0 Å². The number of thiazole rings is 1. The van der Waals surface area contributed by atoms with Crippen LogP contribution in [0.15, 0.2) is 54.2 Å². The van der Waals surface area contributed by atoms with Crippen molar-refractivity contribution in [2.75, 3.05) is 31.3 Å². The number of benzene rings is 1. The summed E-state index contributed by atoms with van der Waals surface area (Å²) in [4.78, 5) is 61.6. The Morgan fingerprint density at radius 3 is 2.49 bits per heavy atom. The molecule has 1 aliphatic heterocycles. The molecule has 1 aliphatic rings. The van der Waals surface area contributed by atoms with E-state index in [9.17, 15) is 24.4 Å². The van der Waals surface area contributed by atoms with Gasteiger partial charge in [-0.25, -0.2) is 9.97 Å². The van der Waals surface area contributed by atoms with E-state index in [-0.39, 0.29) is 42.4 Å². The standard InChI is InChI=1S/C30H30N6O6S/c1-5-22-15-33-30(43-22)35-28(39)17(2)18-7-6-8-19(11-18)21-12-20(13-31)27(32-14-21)34-29(40)26-23(16-36(3)4)41-24(37)9-10-25(38)42-26/h6-8,11-12,14-15,17H,5,9-10,16H2,1-4H3,(H,32,34,40)(H,33,35,39)/b26-23+/t17-/m0/s1. The lowest BCUT2D eigenvalue weighted by Crippen LogP contribution is -2.29. The number of carbonyl (C=O) groups is 4. The zero-order chi connectivity index (χ0) is 31.1. The van der Waals surface area contributed by atoms with Crippen LogP contribution >= 0.6 is 11.3 Å². The van der Waals surface area contributed by atoms with Crippen molar-refractivity contribution in [3.63, 3.8) is 0 Å². The Balaban J connectivity index is 1.56. The van der Waals surface area contributed by atoms with Crippen molar-refractivity contribution < 1.29 is 28.7 Å². The van der Waals surface area contributed by atoms with Crippen LogP contribution in [0.25, 0.3) is 11.1 Å². The lowest BCUT2D eigenvalue weighted by atomic mass is 9.96. The van der Waals surface area contributed by atoms with Gasteiger partial charge >= 0.3 is 11.9 Å². The normalized spacial score (nSPS) is 15.9. The van der Waals surface area contributed by atoms with Gasteiger partial charge < -0.3 is 25.0 Å². The van der Waals surface area contributed by atoms with Gasteiger partial charge in [-0.3, -0.25) is 19.2 Å². The molecule has 0 bridgehead atoms. The average molecular weight is 603 g/mol. The zero-order valence-electron chi connectivity index (χ0n) is 24.1. The lowest BCUT2D eigenvalue weighted by Gasteiger charge is -2.20. The molecule has 0 aliphatic carbocycles. The fourth-order valence-electron chi connectivity index (χ4n) is 4.08. The third kappa shape index (κ3) is 7.88. The first-order chi connectivity index (χ1) is 20.6. The van der Waals surface area contributed by atoms with Crippen LogP contribution in [-0.2, 0) is 35.1 Å². The zero-order valence-corrected chi connectivity index (χ0v) is 24.9. The van der Waals surface area contributed by atoms with Gasteiger partial charge in [-0.05, 0) is 44.6 Å². The minimum atomic E-state index is -0.898. The molecule has 222 valence electrons. The molecule has 2 aromatic heterocycles. The summed E-state index contributed by atoms with van der Waals surface area (Å²) in [6.07, 6.45) is 3.63. The van der Waals surface area contributed by atoms with Crippen LogP contribution in [0.4, 0.5) is 10.9 Å². The molecule has 13 heteroatoms. The Bertz CT molecular complexity index is 1640. The fourth-order valence-corrected chi connectivity index (χ4v) is 4.83. The molecule has 3 aromatic rings. The molecule has 0 saturated heterocycles. The Hall–Kier alpha value is -4.93. The molecule has 0 unspecified atom stereocenters. The van der Waals surface area contributed by atoms with E-state index < -0.39 is 29.5 Å². The summed E-state index contributed by atoms with van der Waals surface area (Å²) < 4.78 is 10.5. The van der Waals surface area contributed by atoms with Gasteiger partial charge in [-0.15, -0.1) is 11.3 Å². The number of aryl methyl sites for hydroxylation is 1. The number of nitrogens with one attached hydrogen (secondary N) is 2. The summed E-state index contributed by atoms with van der Waals surface area (Å²) in [5, 5.41) is 15.7. The summed E-state index contributed by atoms with van der Waals surface area (Å²) in [5.74, 6) is -3.70. The van der Waals surface area contributed by atoms with Gasteiger partial charge in [0, 0.05) is 22.8 Å². The van der Waals surface area contributed by atoms with Gasteiger partial charge in [0.05, 0.1) is 30.9 Å². The minimum absolute atomic E-state index is 0.00957. The highest BCUT2D eigenvalue weighted by Gasteiger charge is 2.28. The number of amides is 2. The van der Waals surface area contributed by atoms with E-state index in [1.165, 1.54) is 17.5 Å².